The number of halogens is 1. The van der Waals surface area contributed by atoms with Gasteiger partial charge in [-0.1, -0.05) is 11.6 Å². The molecule has 0 unspecified atom stereocenters. The molecule has 0 atom stereocenters. The zero-order chi connectivity index (χ0) is 14.5. The lowest BCUT2D eigenvalue weighted by Gasteiger charge is -2.10. The molecule has 0 fully saturated rings. The minimum absolute atomic E-state index is 0.276. The molecular weight excluding hydrogens is 280 g/mol. The minimum atomic E-state index is -0.276. The van der Waals surface area contributed by atoms with E-state index in [4.69, 9.17) is 21.1 Å². The van der Waals surface area contributed by atoms with Gasteiger partial charge in [0.2, 0.25) is 0 Å². The second-order valence-corrected chi connectivity index (χ2v) is 4.28. The van der Waals surface area contributed by atoms with Gasteiger partial charge in [-0.05, 0) is 24.3 Å². The molecule has 2 rings (SSSR count). The first-order chi connectivity index (χ1) is 9.63. The number of hydrogen-bond donors (Lipinski definition) is 1. The highest BCUT2D eigenvalue weighted by atomic mass is 35.5. The predicted molar refractivity (Wildman–Crippen MR) is 76.7 cm³/mol. The number of aromatic nitrogens is 1. The molecule has 0 saturated carbocycles. The van der Waals surface area contributed by atoms with Gasteiger partial charge in [0, 0.05) is 18.0 Å². The van der Waals surface area contributed by atoms with Crippen LogP contribution in [0.2, 0.25) is 5.15 Å². The summed E-state index contributed by atoms with van der Waals surface area (Å²) in [5.74, 6) is 0.861. The van der Waals surface area contributed by atoms with Crippen LogP contribution in [0.1, 0.15) is 10.4 Å². The molecule has 1 amide bonds. The van der Waals surface area contributed by atoms with Gasteiger partial charge in [-0.25, -0.2) is 4.98 Å². The molecule has 104 valence electrons. The Morgan fingerprint density at radius 2 is 1.90 bits per heavy atom. The summed E-state index contributed by atoms with van der Waals surface area (Å²) in [4.78, 5) is 15.9. The lowest BCUT2D eigenvalue weighted by molar-refractivity contribution is 0.102. The molecule has 5 nitrogen and oxygen atoms in total. The third kappa shape index (κ3) is 3.19. The number of pyridine rings is 1. The van der Waals surface area contributed by atoms with Crippen molar-refractivity contribution < 1.29 is 14.3 Å². The first-order valence-corrected chi connectivity index (χ1v) is 6.17. The van der Waals surface area contributed by atoms with Crippen molar-refractivity contribution in [2.45, 2.75) is 0 Å². The highest BCUT2D eigenvalue weighted by Gasteiger charge is 2.09. The molecule has 0 spiro atoms. The van der Waals surface area contributed by atoms with Gasteiger partial charge < -0.3 is 14.8 Å². The van der Waals surface area contributed by atoms with Crippen molar-refractivity contribution >= 4 is 23.2 Å². The molecule has 6 heteroatoms. The SMILES string of the molecule is COc1ccc(NC(=O)c2ccc(Cl)nc2)cc1OC. The molecule has 0 bridgehead atoms. The number of amides is 1. The first-order valence-electron chi connectivity index (χ1n) is 5.79. The Hall–Kier alpha value is -2.27. The number of carbonyl (C=O) groups is 1. The lowest BCUT2D eigenvalue weighted by Crippen LogP contribution is -2.12. The van der Waals surface area contributed by atoms with E-state index in [-0.39, 0.29) is 5.91 Å². The van der Waals surface area contributed by atoms with Gasteiger partial charge in [-0.15, -0.1) is 0 Å². The van der Waals surface area contributed by atoms with E-state index in [2.05, 4.69) is 10.3 Å². The van der Waals surface area contributed by atoms with Crippen LogP contribution in [0.3, 0.4) is 0 Å². The van der Waals surface area contributed by atoms with Crippen LogP contribution in [0.25, 0.3) is 0 Å². The summed E-state index contributed by atoms with van der Waals surface area (Å²) >= 11 is 5.68. The molecule has 1 N–H and O–H groups in total. The molecule has 20 heavy (non-hydrogen) atoms. The van der Waals surface area contributed by atoms with E-state index in [0.29, 0.717) is 27.9 Å². The highest BCUT2D eigenvalue weighted by molar-refractivity contribution is 6.29. The Morgan fingerprint density at radius 1 is 1.15 bits per heavy atom. The summed E-state index contributed by atoms with van der Waals surface area (Å²) < 4.78 is 10.3. The van der Waals surface area contributed by atoms with Gasteiger partial charge in [-0.2, -0.15) is 0 Å². The maximum absolute atomic E-state index is 12.0. The Morgan fingerprint density at radius 3 is 2.50 bits per heavy atom. The lowest BCUT2D eigenvalue weighted by atomic mass is 10.2. The second-order valence-electron chi connectivity index (χ2n) is 3.89. The fourth-order valence-corrected chi connectivity index (χ4v) is 1.74. The van der Waals surface area contributed by atoms with Gasteiger partial charge in [0.1, 0.15) is 5.15 Å². The number of ether oxygens (including phenoxy) is 2. The maximum Gasteiger partial charge on any atom is 0.257 e. The summed E-state index contributed by atoms with van der Waals surface area (Å²) in [6.07, 6.45) is 1.42. The van der Waals surface area contributed by atoms with E-state index in [0.717, 1.165) is 0 Å². The first kappa shape index (κ1) is 14.1. The Bertz CT molecular complexity index is 614. The number of hydrogen-bond acceptors (Lipinski definition) is 4. The summed E-state index contributed by atoms with van der Waals surface area (Å²) in [6, 6.07) is 8.29. The Kier molecular flexibility index (Phi) is 4.42. The molecule has 0 saturated heterocycles. The van der Waals surface area contributed by atoms with E-state index in [9.17, 15) is 4.79 Å². The van der Waals surface area contributed by atoms with E-state index in [1.54, 1.807) is 37.4 Å². The summed E-state index contributed by atoms with van der Waals surface area (Å²) in [6.45, 7) is 0. The predicted octanol–water partition coefficient (Wildman–Crippen LogP) is 3.00. The molecule has 0 aliphatic carbocycles. The number of anilines is 1. The van der Waals surface area contributed by atoms with Crippen molar-refractivity contribution in [1.29, 1.82) is 0 Å². The quantitative estimate of drug-likeness (QED) is 0.880. The van der Waals surface area contributed by atoms with Crippen molar-refractivity contribution in [3.05, 3.63) is 47.2 Å². The topological polar surface area (TPSA) is 60.5 Å². The molecule has 0 aliphatic heterocycles. The van der Waals surface area contributed by atoms with Crippen LogP contribution in [0.15, 0.2) is 36.5 Å². The second kappa shape index (κ2) is 6.25. The standard InChI is InChI=1S/C14H13ClN2O3/c1-19-11-5-4-10(7-12(11)20-2)17-14(18)9-3-6-13(15)16-8-9/h3-8H,1-2H3,(H,17,18). The van der Waals surface area contributed by atoms with E-state index >= 15 is 0 Å². The van der Waals surface area contributed by atoms with Gasteiger partial charge in [0.15, 0.2) is 11.5 Å². The number of nitrogens with one attached hydrogen (secondary N) is 1. The minimum Gasteiger partial charge on any atom is -0.493 e. The maximum atomic E-state index is 12.0. The third-order valence-corrected chi connectivity index (χ3v) is 2.85. The van der Waals surface area contributed by atoms with E-state index < -0.39 is 0 Å². The smallest absolute Gasteiger partial charge is 0.257 e. The zero-order valence-corrected chi connectivity index (χ0v) is 11.8. The van der Waals surface area contributed by atoms with Crippen molar-refractivity contribution in [2.24, 2.45) is 0 Å². The van der Waals surface area contributed by atoms with E-state index in [1.165, 1.54) is 13.3 Å². The van der Waals surface area contributed by atoms with Gasteiger partial charge in [-0.3, -0.25) is 4.79 Å². The fraction of sp³-hybridized carbons (Fsp3) is 0.143. The number of carbonyl (C=O) groups excluding carboxylic acids is 1. The Balaban J connectivity index is 2.17. The van der Waals surface area contributed by atoms with Crippen LogP contribution in [-0.4, -0.2) is 25.1 Å². The fourth-order valence-electron chi connectivity index (χ4n) is 1.63. The largest absolute Gasteiger partial charge is 0.493 e. The molecule has 2 aromatic rings. The van der Waals surface area contributed by atoms with E-state index in [1.807, 2.05) is 0 Å². The molecule has 1 aromatic carbocycles. The van der Waals surface area contributed by atoms with Gasteiger partial charge >= 0.3 is 0 Å². The van der Waals surface area contributed by atoms with Crippen LogP contribution >= 0.6 is 11.6 Å². The highest BCUT2D eigenvalue weighted by Crippen LogP contribution is 2.29. The van der Waals surface area contributed by atoms with Crippen LogP contribution in [-0.2, 0) is 0 Å². The molecule has 0 aliphatic rings. The van der Waals surface area contributed by atoms with Crippen LogP contribution in [0.5, 0.6) is 11.5 Å². The molecule has 1 heterocycles. The summed E-state index contributed by atoms with van der Waals surface area (Å²) in [7, 11) is 3.09. The van der Waals surface area contributed by atoms with Crippen molar-refractivity contribution in [2.75, 3.05) is 19.5 Å². The number of methoxy groups -OCH3 is 2. The number of rotatable bonds is 4. The van der Waals surface area contributed by atoms with Crippen LogP contribution in [0.4, 0.5) is 5.69 Å². The average molecular weight is 293 g/mol. The van der Waals surface area contributed by atoms with Gasteiger partial charge in [0.05, 0.1) is 19.8 Å². The van der Waals surface area contributed by atoms with Crippen LogP contribution in [0, 0.1) is 0 Å². The van der Waals surface area contributed by atoms with Gasteiger partial charge in [0.25, 0.3) is 5.91 Å². The van der Waals surface area contributed by atoms with Crippen molar-refractivity contribution in [3.63, 3.8) is 0 Å². The molecule has 1 aromatic heterocycles. The molecular formula is C14H13ClN2O3. The monoisotopic (exact) mass is 292 g/mol. The number of benzene rings is 1. The van der Waals surface area contributed by atoms with Crippen molar-refractivity contribution in [3.8, 4) is 11.5 Å². The molecule has 0 radical (unpaired) electrons. The van der Waals surface area contributed by atoms with Crippen LogP contribution < -0.4 is 14.8 Å². The average Bonchev–Trinajstić information content (AvgIpc) is 2.47. The summed E-state index contributed by atoms with van der Waals surface area (Å²) in [5.41, 5.74) is 1.02. The normalized spacial score (nSPS) is 9.95. The van der Waals surface area contributed by atoms with Crippen molar-refractivity contribution in [1.82, 2.24) is 4.98 Å². The number of nitrogens with zero attached hydrogens (tertiary/aromatic N) is 1. The Labute approximate surface area is 121 Å². The third-order valence-electron chi connectivity index (χ3n) is 2.63. The summed E-state index contributed by atoms with van der Waals surface area (Å²) in [5, 5.41) is 3.09. The zero-order valence-electron chi connectivity index (χ0n) is 11.0.